The number of hydrogen-bond donors (Lipinski definition) is 1. The molecule has 0 radical (unpaired) electrons. The maximum Gasteiger partial charge on any atom is 0.321 e. The lowest BCUT2D eigenvalue weighted by molar-refractivity contribution is 0.211. The number of anilines is 2. The zero-order chi connectivity index (χ0) is 16.5. The number of hydrogen-bond acceptors (Lipinski definition) is 2. The number of carbonyl (C=O) groups excluding carboxylic acids is 1. The second kappa shape index (κ2) is 9.34. The van der Waals surface area contributed by atoms with Crippen molar-refractivity contribution in [2.75, 3.05) is 36.4 Å². The summed E-state index contributed by atoms with van der Waals surface area (Å²) in [4.78, 5) is 16.6. The zero-order valence-electron chi connectivity index (χ0n) is 14.8. The van der Waals surface area contributed by atoms with Gasteiger partial charge in [0, 0.05) is 37.6 Å². The quantitative estimate of drug-likeness (QED) is 0.768. The van der Waals surface area contributed by atoms with Crippen LogP contribution in [-0.4, -0.2) is 37.1 Å². The van der Waals surface area contributed by atoms with Crippen molar-refractivity contribution in [2.45, 2.75) is 47.5 Å². The van der Waals surface area contributed by atoms with Gasteiger partial charge in [-0.15, -0.1) is 0 Å². The maximum atomic E-state index is 12.4. The molecule has 1 rings (SSSR count). The third-order valence-corrected chi connectivity index (χ3v) is 3.85. The molecule has 124 valence electrons. The molecule has 0 aliphatic heterocycles. The summed E-state index contributed by atoms with van der Waals surface area (Å²) in [5.41, 5.74) is 3.21. The van der Waals surface area contributed by atoms with Gasteiger partial charge in [0.2, 0.25) is 0 Å². The highest BCUT2D eigenvalue weighted by atomic mass is 16.2. The number of carbonyl (C=O) groups is 1. The molecule has 4 nitrogen and oxygen atoms in total. The molecule has 0 unspecified atom stereocenters. The lowest BCUT2D eigenvalue weighted by Gasteiger charge is -2.24. The minimum absolute atomic E-state index is 0.00221. The molecule has 0 spiro atoms. The fourth-order valence-electron chi connectivity index (χ4n) is 2.62. The summed E-state index contributed by atoms with van der Waals surface area (Å²) in [6.07, 6.45) is 1.96. The van der Waals surface area contributed by atoms with Gasteiger partial charge in [0.05, 0.1) is 0 Å². The van der Waals surface area contributed by atoms with Gasteiger partial charge in [-0.25, -0.2) is 4.79 Å². The van der Waals surface area contributed by atoms with Gasteiger partial charge in [-0.1, -0.05) is 13.8 Å². The van der Waals surface area contributed by atoms with Crippen molar-refractivity contribution < 1.29 is 4.79 Å². The Balaban J connectivity index is 2.83. The van der Waals surface area contributed by atoms with Crippen LogP contribution in [0.25, 0.3) is 0 Å². The summed E-state index contributed by atoms with van der Waals surface area (Å²) in [6, 6.07) is 6.24. The van der Waals surface area contributed by atoms with Crippen LogP contribution in [0.15, 0.2) is 18.2 Å². The second-order valence-electron chi connectivity index (χ2n) is 5.59. The van der Waals surface area contributed by atoms with Crippen molar-refractivity contribution in [2.24, 2.45) is 0 Å². The molecule has 0 bridgehead atoms. The van der Waals surface area contributed by atoms with Crippen LogP contribution >= 0.6 is 0 Å². The van der Waals surface area contributed by atoms with E-state index in [0.29, 0.717) is 0 Å². The fourth-order valence-corrected chi connectivity index (χ4v) is 2.62. The summed E-state index contributed by atoms with van der Waals surface area (Å²) < 4.78 is 0. The van der Waals surface area contributed by atoms with Crippen LogP contribution in [0.1, 0.15) is 46.1 Å². The summed E-state index contributed by atoms with van der Waals surface area (Å²) in [6.45, 7) is 14.1. The van der Waals surface area contributed by atoms with Crippen molar-refractivity contribution in [3.05, 3.63) is 23.8 Å². The Morgan fingerprint density at radius 2 is 1.64 bits per heavy atom. The second-order valence-corrected chi connectivity index (χ2v) is 5.59. The van der Waals surface area contributed by atoms with E-state index in [2.05, 4.69) is 50.0 Å². The predicted molar refractivity (Wildman–Crippen MR) is 95.9 cm³/mol. The van der Waals surface area contributed by atoms with Gasteiger partial charge in [-0.2, -0.15) is 0 Å². The van der Waals surface area contributed by atoms with E-state index in [1.54, 1.807) is 0 Å². The van der Waals surface area contributed by atoms with Crippen molar-refractivity contribution in [1.29, 1.82) is 0 Å². The molecular formula is C18H31N3O. The zero-order valence-corrected chi connectivity index (χ0v) is 14.8. The fraction of sp³-hybridized carbons (Fsp3) is 0.611. The highest BCUT2D eigenvalue weighted by molar-refractivity contribution is 5.90. The Labute approximate surface area is 135 Å². The number of amides is 2. The number of urea groups is 1. The van der Waals surface area contributed by atoms with Gasteiger partial charge in [0.25, 0.3) is 0 Å². The first-order chi connectivity index (χ1) is 10.6. The molecule has 0 fully saturated rings. The van der Waals surface area contributed by atoms with Crippen LogP contribution in [0, 0.1) is 6.92 Å². The van der Waals surface area contributed by atoms with Crippen molar-refractivity contribution in [3.63, 3.8) is 0 Å². The Morgan fingerprint density at radius 1 is 1.05 bits per heavy atom. The SMILES string of the molecule is CCCN(CCC)C(=O)Nc1ccc(N(CC)CC)cc1C. The summed E-state index contributed by atoms with van der Waals surface area (Å²) in [5.74, 6) is 0. The van der Waals surface area contributed by atoms with Gasteiger partial charge < -0.3 is 15.1 Å². The van der Waals surface area contributed by atoms with E-state index in [4.69, 9.17) is 0 Å². The summed E-state index contributed by atoms with van der Waals surface area (Å²) >= 11 is 0. The molecule has 0 saturated heterocycles. The van der Waals surface area contributed by atoms with Crippen LogP contribution in [0.3, 0.4) is 0 Å². The van der Waals surface area contributed by atoms with E-state index in [9.17, 15) is 4.79 Å². The lowest BCUT2D eigenvalue weighted by Crippen LogP contribution is -2.36. The molecule has 0 atom stereocenters. The third kappa shape index (κ3) is 4.93. The molecule has 22 heavy (non-hydrogen) atoms. The standard InChI is InChI=1S/C18H31N3O/c1-6-12-21(13-7-2)18(22)19-17-11-10-16(14-15(17)5)20(8-3)9-4/h10-11,14H,6-9,12-13H2,1-5H3,(H,19,22). The Morgan fingerprint density at radius 3 is 2.09 bits per heavy atom. The first kappa shape index (κ1) is 18.3. The molecule has 0 saturated carbocycles. The number of rotatable bonds is 8. The predicted octanol–water partition coefficient (Wildman–Crippen LogP) is 4.50. The highest BCUT2D eigenvalue weighted by Crippen LogP contribution is 2.23. The van der Waals surface area contributed by atoms with E-state index in [0.717, 1.165) is 50.3 Å². The number of benzene rings is 1. The van der Waals surface area contributed by atoms with E-state index < -0.39 is 0 Å². The molecular weight excluding hydrogens is 274 g/mol. The maximum absolute atomic E-state index is 12.4. The normalized spacial score (nSPS) is 10.4. The topological polar surface area (TPSA) is 35.6 Å². The van der Waals surface area contributed by atoms with E-state index in [-0.39, 0.29) is 6.03 Å². The van der Waals surface area contributed by atoms with Crippen LogP contribution < -0.4 is 10.2 Å². The summed E-state index contributed by atoms with van der Waals surface area (Å²) in [5, 5.41) is 3.05. The first-order valence-electron chi connectivity index (χ1n) is 8.48. The van der Waals surface area contributed by atoms with Crippen molar-refractivity contribution in [1.82, 2.24) is 4.90 Å². The number of nitrogens with one attached hydrogen (secondary N) is 1. The molecule has 0 aliphatic rings. The van der Waals surface area contributed by atoms with Crippen LogP contribution in [0.2, 0.25) is 0 Å². The lowest BCUT2D eigenvalue weighted by atomic mass is 10.1. The third-order valence-electron chi connectivity index (χ3n) is 3.85. The Kier molecular flexibility index (Phi) is 7.78. The minimum Gasteiger partial charge on any atom is -0.372 e. The van der Waals surface area contributed by atoms with Gasteiger partial charge in [-0.3, -0.25) is 0 Å². The summed E-state index contributed by atoms with van der Waals surface area (Å²) in [7, 11) is 0. The van der Waals surface area contributed by atoms with Crippen LogP contribution in [0.5, 0.6) is 0 Å². The van der Waals surface area contributed by atoms with E-state index >= 15 is 0 Å². The van der Waals surface area contributed by atoms with Crippen molar-refractivity contribution >= 4 is 17.4 Å². The first-order valence-corrected chi connectivity index (χ1v) is 8.48. The van der Waals surface area contributed by atoms with E-state index in [1.165, 1.54) is 5.69 Å². The van der Waals surface area contributed by atoms with Gasteiger partial charge in [0.15, 0.2) is 0 Å². The number of nitrogens with zero attached hydrogens (tertiary/aromatic N) is 2. The molecule has 1 aromatic carbocycles. The van der Waals surface area contributed by atoms with Crippen molar-refractivity contribution in [3.8, 4) is 0 Å². The van der Waals surface area contributed by atoms with Crippen LogP contribution in [0.4, 0.5) is 16.2 Å². The minimum atomic E-state index is 0.00221. The highest BCUT2D eigenvalue weighted by Gasteiger charge is 2.13. The smallest absolute Gasteiger partial charge is 0.321 e. The molecule has 4 heteroatoms. The molecule has 2 amide bonds. The molecule has 0 aliphatic carbocycles. The van der Waals surface area contributed by atoms with Gasteiger partial charge >= 0.3 is 6.03 Å². The van der Waals surface area contributed by atoms with Crippen LogP contribution in [-0.2, 0) is 0 Å². The van der Waals surface area contributed by atoms with Gasteiger partial charge in [0.1, 0.15) is 0 Å². The largest absolute Gasteiger partial charge is 0.372 e. The molecule has 0 aromatic heterocycles. The van der Waals surface area contributed by atoms with E-state index in [1.807, 2.05) is 17.9 Å². The Bertz CT molecular complexity index is 463. The monoisotopic (exact) mass is 305 g/mol. The molecule has 1 aromatic rings. The average Bonchev–Trinajstić information content (AvgIpc) is 2.50. The number of aryl methyl sites for hydroxylation is 1. The average molecular weight is 305 g/mol. The molecule has 0 heterocycles. The van der Waals surface area contributed by atoms with Gasteiger partial charge in [-0.05, 0) is 57.4 Å². The molecule has 1 N–H and O–H groups in total. The Hall–Kier alpha value is -1.71.